The second kappa shape index (κ2) is 5.84. The molecule has 1 saturated heterocycles. The van der Waals surface area contributed by atoms with Crippen LogP contribution in [0.25, 0.3) is 11.4 Å². The maximum absolute atomic E-state index is 12.3. The van der Waals surface area contributed by atoms with Crippen molar-refractivity contribution >= 4 is 5.95 Å². The van der Waals surface area contributed by atoms with Crippen molar-refractivity contribution in [3.63, 3.8) is 0 Å². The SMILES string of the molecule is C[C@@H]1CN(C)CCN1c1nc(-c2ccncn2)cc(=O)n1C. The monoisotopic (exact) mass is 300 g/mol. The van der Waals surface area contributed by atoms with Crippen molar-refractivity contribution in [1.82, 2.24) is 24.4 Å². The molecule has 1 aliphatic heterocycles. The van der Waals surface area contributed by atoms with Gasteiger partial charge in [-0.25, -0.2) is 15.0 Å². The van der Waals surface area contributed by atoms with Crippen molar-refractivity contribution in [3.8, 4) is 11.4 Å². The predicted octanol–water partition coefficient (Wildman–Crippen LogP) is 0.378. The van der Waals surface area contributed by atoms with Gasteiger partial charge >= 0.3 is 0 Å². The topological polar surface area (TPSA) is 67.2 Å². The molecule has 0 saturated carbocycles. The van der Waals surface area contributed by atoms with Gasteiger partial charge in [0.05, 0.1) is 11.4 Å². The summed E-state index contributed by atoms with van der Waals surface area (Å²) in [4.78, 5) is 29.5. The summed E-state index contributed by atoms with van der Waals surface area (Å²) in [6.45, 7) is 4.91. The highest BCUT2D eigenvalue weighted by Gasteiger charge is 2.25. The standard InChI is InChI=1S/C15H20N6O/c1-11-9-19(2)6-7-21(11)15-18-13(8-14(22)20(15)3)12-4-5-16-10-17-12/h4-5,8,10-11H,6-7,9H2,1-3H3/t11-/m1/s1. The summed E-state index contributed by atoms with van der Waals surface area (Å²) in [5, 5.41) is 0. The Hall–Kier alpha value is -2.28. The lowest BCUT2D eigenvalue weighted by atomic mass is 10.2. The van der Waals surface area contributed by atoms with Gasteiger partial charge < -0.3 is 9.80 Å². The molecule has 0 spiro atoms. The van der Waals surface area contributed by atoms with Gasteiger partial charge in [-0.3, -0.25) is 9.36 Å². The minimum Gasteiger partial charge on any atom is -0.337 e. The van der Waals surface area contributed by atoms with Crippen LogP contribution in [-0.4, -0.2) is 57.1 Å². The van der Waals surface area contributed by atoms with Crippen molar-refractivity contribution < 1.29 is 0 Å². The first-order chi connectivity index (χ1) is 10.6. The van der Waals surface area contributed by atoms with E-state index in [-0.39, 0.29) is 5.56 Å². The maximum atomic E-state index is 12.3. The highest BCUT2D eigenvalue weighted by Crippen LogP contribution is 2.19. The van der Waals surface area contributed by atoms with Gasteiger partial charge in [-0.05, 0) is 20.0 Å². The van der Waals surface area contributed by atoms with Gasteiger partial charge in [0.25, 0.3) is 5.56 Å². The van der Waals surface area contributed by atoms with Crippen molar-refractivity contribution in [1.29, 1.82) is 0 Å². The smallest absolute Gasteiger partial charge is 0.255 e. The van der Waals surface area contributed by atoms with E-state index in [0.717, 1.165) is 19.6 Å². The Balaban J connectivity index is 2.04. The van der Waals surface area contributed by atoms with Gasteiger partial charge in [-0.2, -0.15) is 0 Å². The molecule has 2 aromatic heterocycles. The number of likely N-dealkylation sites (N-methyl/N-ethyl adjacent to an activating group) is 1. The molecular formula is C15H20N6O. The van der Waals surface area contributed by atoms with Crippen LogP contribution in [0.2, 0.25) is 0 Å². The minimum atomic E-state index is -0.0789. The van der Waals surface area contributed by atoms with Gasteiger partial charge in [0.1, 0.15) is 6.33 Å². The molecule has 0 N–H and O–H groups in total. The first-order valence-electron chi connectivity index (χ1n) is 7.36. The molecule has 0 unspecified atom stereocenters. The molecular weight excluding hydrogens is 280 g/mol. The number of nitrogens with zero attached hydrogens (tertiary/aromatic N) is 6. The van der Waals surface area contributed by atoms with Crippen LogP contribution in [0.1, 0.15) is 6.92 Å². The number of rotatable bonds is 2. The molecule has 3 rings (SSSR count). The number of piperazine rings is 1. The van der Waals surface area contributed by atoms with Crippen LogP contribution in [0, 0.1) is 0 Å². The summed E-state index contributed by atoms with van der Waals surface area (Å²) in [7, 11) is 3.87. The molecule has 22 heavy (non-hydrogen) atoms. The zero-order chi connectivity index (χ0) is 15.7. The van der Waals surface area contributed by atoms with Crippen molar-refractivity contribution in [2.75, 3.05) is 31.6 Å². The Kier molecular flexibility index (Phi) is 3.89. The summed E-state index contributed by atoms with van der Waals surface area (Å²) in [6, 6.07) is 3.59. The van der Waals surface area contributed by atoms with Crippen LogP contribution in [0.3, 0.4) is 0 Å². The lowest BCUT2D eigenvalue weighted by molar-refractivity contribution is 0.272. The molecule has 0 radical (unpaired) electrons. The zero-order valence-electron chi connectivity index (χ0n) is 13.1. The van der Waals surface area contributed by atoms with E-state index in [9.17, 15) is 4.79 Å². The molecule has 3 heterocycles. The summed E-state index contributed by atoms with van der Waals surface area (Å²) in [6.07, 6.45) is 3.12. The van der Waals surface area contributed by atoms with Crippen LogP contribution in [0.15, 0.2) is 29.5 Å². The fourth-order valence-electron chi connectivity index (χ4n) is 2.79. The number of hydrogen-bond acceptors (Lipinski definition) is 6. The largest absolute Gasteiger partial charge is 0.337 e. The molecule has 0 aliphatic carbocycles. The van der Waals surface area contributed by atoms with Crippen LogP contribution in [0.5, 0.6) is 0 Å². The van der Waals surface area contributed by atoms with Gasteiger partial charge in [0.2, 0.25) is 5.95 Å². The van der Waals surface area contributed by atoms with Crippen molar-refractivity contribution in [2.45, 2.75) is 13.0 Å². The minimum absolute atomic E-state index is 0.0789. The molecule has 1 atom stereocenters. The molecule has 2 aromatic rings. The van der Waals surface area contributed by atoms with E-state index < -0.39 is 0 Å². The van der Waals surface area contributed by atoms with Gasteiger partial charge in [-0.15, -0.1) is 0 Å². The fourth-order valence-corrected chi connectivity index (χ4v) is 2.79. The second-order valence-corrected chi connectivity index (χ2v) is 5.74. The van der Waals surface area contributed by atoms with E-state index in [1.807, 2.05) is 0 Å². The van der Waals surface area contributed by atoms with Crippen LogP contribution < -0.4 is 10.5 Å². The quantitative estimate of drug-likeness (QED) is 0.799. The lowest BCUT2D eigenvalue weighted by Crippen LogP contribution is -2.52. The van der Waals surface area contributed by atoms with Crippen LogP contribution in [-0.2, 0) is 7.05 Å². The normalized spacial score (nSPS) is 19.4. The second-order valence-electron chi connectivity index (χ2n) is 5.74. The summed E-state index contributed by atoms with van der Waals surface area (Å²) < 4.78 is 1.60. The Morgan fingerprint density at radius 1 is 1.23 bits per heavy atom. The third-order valence-corrected chi connectivity index (χ3v) is 4.04. The van der Waals surface area contributed by atoms with Crippen molar-refractivity contribution in [3.05, 3.63) is 35.0 Å². The molecule has 0 bridgehead atoms. The van der Waals surface area contributed by atoms with E-state index in [0.29, 0.717) is 23.4 Å². The molecule has 7 heteroatoms. The number of aromatic nitrogens is 4. The lowest BCUT2D eigenvalue weighted by Gasteiger charge is -2.39. The Morgan fingerprint density at radius 2 is 2.05 bits per heavy atom. The Bertz CT molecular complexity index is 714. The summed E-state index contributed by atoms with van der Waals surface area (Å²) in [5.74, 6) is 0.696. The third kappa shape index (κ3) is 2.71. The van der Waals surface area contributed by atoms with E-state index in [2.05, 4.69) is 38.7 Å². The molecule has 0 amide bonds. The first kappa shape index (κ1) is 14.6. The summed E-state index contributed by atoms with van der Waals surface area (Å²) >= 11 is 0. The Morgan fingerprint density at radius 3 is 2.73 bits per heavy atom. The number of anilines is 1. The number of hydrogen-bond donors (Lipinski definition) is 0. The molecule has 1 fully saturated rings. The van der Waals surface area contributed by atoms with E-state index >= 15 is 0 Å². The van der Waals surface area contributed by atoms with Gasteiger partial charge in [0.15, 0.2) is 0 Å². The fraction of sp³-hybridized carbons (Fsp3) is 0.467. The van der Waals surface area contributed by atoms with Gasteiger partial charge in [-0.1, -0.05) is 0 Å². The van der Waals surface area contributed by atoms with E-state index in [4.69, 9.17) is 0 Å². The van der Waals surface area contributed by atoms with Gasteiger partial charge in [0, 0.05) is 45.0 Å². The highest BCUT2D eigenvalue weighted by molar-refractivity contribution is 5.55. The molecule has 116 valence electrons. The molecule has 0 aromatic carbocycles. The van der Waals surface area contributed by atoms with E-state index in [1.165, 1.54) is 12.4 Å². The average Bonchev–Trinajstić information content (AvgIpc) is 2.51. The molecule has 1 aliphatic rings. The molecule has 7 nitrogen and oxygen atoms in total. The van der Waals surface area contributed by atoms with Crippen LogP contribution >= 0.6 is 0 Å². The van der Waals surface area contributed by atoms with Crippen LogP contribution in [0.4, 0.5) is 5.95 Å². The maximum Gasteiger partial charge on any atom is 0.255 e. The average molecular weight is 300 g/mol. The van der Waals surface area contributed by atoms with E-state index in [1.54, 1.807) is 23.9 Å². The first-order valence-corrected chi connectivity index (χ1v) is 7.36. The predicted molar refractivity (Wildman–Crippen MR) is 84.8 cm³/mol. The highest BCUT2D eigenvalue weighted by atomic mass is 16.1. The Labute approximate surface area is 129 Å². The third-order valence-electron chi connectivity index (χ3n) is 4.04. The summed E-state index contributed by atoms with van der Waals surface area (Å²) in [5.41, 5.74) is 1.17. The zero-order valence-corrected chi connectivity index (χ0v) is 13.1. The van der Waals surface area contributed by atoms with Crippen molar-refractivity contribution in [2.24, 2.45) is 7.05 Å².